The van der Waals surface area contributed by atoms with Crippen molar-refractivity contribution >= 4 is 35.5 Å². The molecule has 0 aliphatic rings. The van der Waals surface area contributed by atoms with Gasteiger partial charge in [0.25, 0.3) is 0 Å². The topological polar surface area (TPSA) is 200 Å². The quantitative estimate of drug-likeness (QED) is 0.163. The van der Waals surface area contributed by atoms with Gasteiger partial charge in [-0.3, -0.25) is 14.4 Å². The zero-order valence-electron chi connectivity index (χ0n) is 18.3. The summed E-state index contributed by atoms with van der Waals surface area (Å²) in [5.41, 5.74) is 6.48. The first kappa shape index (κ1) is 27.4. The predicted molar refractivity (Wildman–Crippen MR) is 119 cm³/mol. The summed E-state index contributed by atoms with van der Waals surface area (Å²) in [6.45, 7) is 2.53. The Morgan fingerprint density at radius 2 is 1.78 bits per heavy atom. The van der Waals surface area contributed by atoms with Crippen LogP contribution in [0.1, 0.15) is 26.0 Å². The number of amides is 3. The number of aliphatic hydroxyl groups excluding tert-OH is 1. The van der Waals surface area contributed by atoms with Crippen LogP contribution >= 0.6 is 11.8 Å². The van der Waals surface area contributed by atoms with Gasteiger partial charge in [-0.05, 0) is 24.3 Å². The van der Waals surface area contributed by atoms with Crippen LogP contribution in [-0.2, 0) is 25.6 Å². The van der Waals surface area contributed by atoms with Gasteiger partial charge >= 0.3 is 5.97 Å². The second-order valence-corrected chi connectivity index (χ2v) is 8.53. The molecule has 3 amide bonds. The molecule has 0 fully saturated rings. The van der Waals surface area contributed by atoms with E-state index in [1.807, 2.05) is 6.26 Å². The number of hydrogen-bond acceptors (Lipinski definition) is 8. The summed E-state index contributed by atoms with van der Waals surface area (Å²) >= 11 is 1.54. The van der Waals surface area contributed by atoms with Gasteiger partial charge in [0.05, 0.1) is 19.0 Å². The molecule has 1 rings (SSSR count). The van der Waals surface area contributed by atoms with Gasteiger partial charge in [0.1, 0.15) is 18.1 Å². The minimum Gasteiger partial charge on any atom is -0.480 e. The summed E-state index contributed by atoms with van der Waals surface area (Å²) in [6, 6.07) is -4.45. The Bertz CT molecular complexity index is 759. The molecule has 0 aliphatic heterocycles. The molecule has 180 valence electrons. The van der Waals surface area contributed by atoms with Gasteiger partial charge < -0.3 is 36.9 Å². The van der Waals surface area contributed by atoms with Crippen LogP contribution in [0, 0.1) is 5.92 Å². The zero-order valence-corrected chi connectivity index (χ0v) is 19.1. The van der Waals surface area contributed by atoms with Crippen LogP contribution in [0.3, 0.4) is 0 Å². The molecule has 1 aromatic rings. The molecule has 0 bridgehead atoms. The van der Waals surface area contributed by atoms with Crippen LogP contribution in [0.25, 0.3) is 0 Å². The molecule has 0 spiro atoms. The molecule has 32 heavy (non-hydrogen) atoms. The second kappa shape index (κ2) is 13.7. The van der Waals surface area contributed by atoms with Crippen molar-refractivity contribution in [1.82, 2.24) is 25.9 Å². The largest absolute Gasteiger partial charge is 0.480 e. The Morgan fingerprint density at radius 3 is 2.28 bits per heavy atom. The number of carbonyl (C=O) groups is 4. The highest BCUT2D eigenvalue weighted by Gasteiger charge is 2.32. The molecule has 0 saturated carbocycles. The standard InChI is InChI=1S/C19H32N6O6S/c1-10(2)15(18(29)24-14(8-26)19(30)31)25-17(28)13(6-11-7-21-9-22-11)23-16(27)12(20)4-5-32-3/h7,9-10,12-15,26H,4-6,8,20H2,1-3H3,(H,21,22)(H,23,27)(H,24,29)(H,25,28)(H,30,31). The molecule has 0 radical (unpaired) electrons. The van der Waals surface area contributed by atoms with Crippen molar-refractivity contribution in [3.05, 3.63) is 18.2 Å². The van der Waals surface area contributed by atoms with Crippen molar-refractivity contribution in [3.8, 4) is 0 Å². The lowest BCUT2D eigenvalue weighted by atomic mass is 10.0. The molecule has 13 heteroatoms. The van der Waals surface area contributed by atoms with Crippen molar-refractivity contribution < 1.29 is 29.4 Å². The highest BCUT2D eigenvalue weighted by molar-refractivity contribution is 7.98. The number of aromatic amines is 1. The number of thioether (sulfide) groups is 1. The monoisotopic (exact) mass is 472 g/mol. The Morgan fingerprint density at radius 1 is 1.12 bits per heavy atom. The third-order valence-corrected chi connectivity index (χ3v) is 5.27. The number of rotatable bonds is 14. The van der Waals surface area contributed by atoms with E-state index >= 15 is 0 Å². The van der Waals surface area contributed by atoms with Gasteiger partial charge in [-0.15, -0.1) is 0 Å². The summed E-state index contributed by atoms with van der Waals surface area (Å²) in [6.07, 6.45) is 5.34. The van der Waals surface area contributed by atoms with E-state index in [0.29, 0.717) is 17.9 Å². The lowest BCUT2D eigenvalue weighted by molar-refractivity contribution is -0.143. The van der Waals surface area contributed by atoms with Gasteiger partial charge in [0.2, 0.25) is 17.7 Å². The SMILES string of the molecule is CSCCC(N)C(=O)NC(Cc1cnc[nH]1)C(=O)NC(C(=O)NC(CO)C(=O)O)C(C)C. The first-order chi connectivity index (χ1) is 15.1. The first-order valence-corrected chi connectivity index (χ1v) is 11.5. The first-order valence-electron chi connectivity index (χ1n) is 10.1. The molecule has 0 aromatic carbocycles. The lowest BCUT2D eigenvalue weighted by Gasteiger charge is -2.26. The third-order valence-electron chi connectivity index (χ3n) is 4.63. The van der Waals surface area contributed by atoms with E-state index in [1.165, 1.54) is 12.5 Å². The number of hydrogen-bond donors (Lipinski definition) is 7. The van der Waals surface area contributed by atoms with Gasteiger partial charge in [-0.1, -0.05) is 13.8 Å². The van der Waals surface area contributed by atoms with Crippen molar-refractivity contribution in [1.29, 1.82) is 0 Å². The molecule has 4 unspecified atom stereocenters. The normalized spacial score (nSPS) is 14.8. The number of carboxylic acid groups (broad SMARTS) is 1. The Balaban J connectivity index is 2.96. The van der Waals surface area contributed by atoms with E-state index in [0.717, 1.165) is 0 Å². The second-order valence-electron chi connectivity index (χ2n) is 7.54. The maximum Gasteiger partial charge on any atom is 0.328 e. The zero-order chi connectivity index (χ0) is 24.3. The van der Waals surface area contributed by atoms with Crippen LogP contribution in [0.5, 0.6) is 0 Å². The Labute approximate surface area is 190 Å². The van der Waals surface area contributed by atoms with Gasteiger partial charge in [-0.25, -0.2) is 9.78 Å². The summed E-state index contributed by atoms with van der Waals surface area (Å²) < 4.78 is 0. The number of nitrogens with two attached hydrogens (primary N) is 1. The number of H-pyrrole nitrogens is 1. The smallest absolute Gasteiger partial charge is 0.328 e. The molecule has 4 atom stereocenters. The van der Waals surface area contributed by atoms with Gasteiger partial charge in [0.15, 0.2) is 0 Å². The van der Waals surface area contributed by atoms with Crippen LogP contribution in [0.4, 0.5) is 0 Å². The van der Waals surface area contributed by atoms with Gasteiger partial charge in [-0.2, -0.15) is 11.8 Å². The van der Waals surface area contributed by atoms with E-state index in [2.05, 4.69) is 25.9 Å². The van der Waals surface area contributed by atoms with Crippen molar-refractivity contribution in [2.45, 2.75) is 50.9 Å². The fourth-order valence-electron chi connectivity index (χ4n) is 2.72. The number of carbonyl (C=O) groups excluding carboxylic acids is 3. The van der Waals surface area contributed by atoms with Crippen LogP contribution in [0.15, 0.2) is 12.5 Å². The molecule has 12 nitrogen and oxygen atoms in total. The van der Waals surface area contributed by atoms with E-state index in [-0.39, 0.29) is 6.42 Å². The predicted octanol–water partition coefficient (Wildman–Crippen LogP) is -1.78. The van der Waals surface area contributed by atoms with E-state index in [9.17, 15) is 19.2 Å². The van der Waals surface area contributed by atoms with Crippen molar-refractivity contribution in [3.63, 3.8) is 0 Å². The van der Waals surface area contributed by atoms with Crippen LogP contribution in [-0.4, -0.2) is 86.7 Å². The number of aliphatic hydroxyl groups is 1. The highest BCUT2D eigenvalue weighted by atomic mass is 32.2. The molecule has 1 heterocycles. The molecule has 0 aliphatic carbocycles. The average Bonchev–Trinajstić information content (AvgIpc) is 3.25. The van der Waals surface area contributed by atoms with Crippen LogP contribution in [0.2, 0.25) is 0 Å². The van der Waals surface area contributed by atoms with Gasteiger partial charge in [0, 0.05) is 18.3 Å². The molecule has 1 aromatic heterocycles. The van der Waals surface area contributed by atoms with E-state index in [1.54, 1.807) is 25.6 Å². The number of aliphatic carboxylic acids is 1. The number of imidazole rings is 1. The highest BCUT2D eigenvalue weighted by Crippen LogP contribution is 2.07. The summed E-state index contributed by atoms with van der Waals surface area (Å²) in [5.74, 6) is -3.04. The Kier molecular flexibility index (Phi) is 11.7. The minimum absolute atomic E-state index is 0.0770. The van der Waals surface area contributed by atoms with E-state index < -0.39 is 60.4 Å². The van der Waals surface area contributed by atoms with Crippen molar-refractivity contribution in [2.75, 3.05) is 18.6 Å². The summed E-state index contributed by atoms with van der Waals surface area (Å²) in [4.78, 5) is 55.9. The molecule has 8 N–H and O–H groups in total. The fourth-order valence-corrected chi connectivity index (χ4v) is 3.21. The summed E-state index contributed by atoms with van der Waals surface area (Å²) in [7, 11) is 0. The maximum absolute atomic E-state index is 13.0. The molecular weight excluding hydrogens is 440 g/mol. The minimum atomic E-state index is -1.50. The van der Waals surface area contributed by atoms with Crippen LogP contribution < -0.4 is 21.7 Å². The number of nitrogens with one attached hydrogen (secondary N) is 4. The number of aromatic nitrogens is 2. The van der Waals surface area contributed by atoms with Crippen molar-refractivity contribution in [2.24, 2.45) is 11.7 Å². The fraction of sp³-hybridized carbons (Fsp3) is 0.632. The third kappa shape index (κ3) is 8.85. The average molecular weight is 473 g/mol. The summed E-state index contributed by atoms with van der Waals surface area (Å²) in [5, 5.41) is 25.5. The maximum atomic E-state index is 13.0. The number of carboxylic acids is 1. The lowest BCUT2D eigenvalue weighted by Crippen LogP contribution is -2.59. The molecular formula is C19H32N6O6S. The number of nitrogens with zero attached hydrogens (tertiary/aromatic N) is 1. The van der Waals surface area contributed by atoms with E-state index in [4.69, 9.17) is 15.9 Å². The molecule has 0 saturated heterocycles. The Hall–Kier alpha value is -2.64.